The van der Waals surface area contributed by atoms with Crippen molar-refractivity contribution in [2.45, 2.75) is 114 Å². The monoisotopic (exact) mass is 400 g/mol. The summed E-state index contributed by atoms with van der Waals surface area (Å²) in [6.07, 6.45) is 16.8. The molecule has 0 radical (unpaired) electrons. The van der Waals surface area contributed by atoms with E-state index in [-0.39, 0.29) is 13.2 Å². The Kier molecular flexibility index (Phi) is 15.9. The van der Waals surface area contributed by atoms with Crippen molar-refractivity contribution in [1.29, 1.82) is 0 Å². The fraction of sp³-hybridized carbons (Fsp3) is 0.913. The molecule has 1 saturated heterocycles. The molecule has 0 aromatic heterocycles. The first kappa shape index (κ1) is 25.6. The van der Waals surface area contributed by atoms with Gasteiger partial charge in [0.15, 0.2) is 0 Å². The first-order valence-electron chi connectivity index (χ1n) is 11.5. The average Bonchev–Trinajstić information content (AvgIpc) is 2.70. The van der Waals surface area contributed by atoms with Crippen LogP contribution in [0, 0.1) is 0 Å². The Morgan fingerprint density at radius 1 is 0.821 bits per heavy atom. The van der Waals surface area contributed by atoms with Crippen LogP contribution in [0.15, 0.2) is 12.7 Å². The third-order valence-corrected chi connectivity index (χ3v) is 5.62. The molecule has 0 aromatic carbocycles. The number of ether oxygens (including phenoxy) is 2. The highest BCUT2D eigenvalue weighted by Crippen LogP contribution is 2.19. The predicted molar refractivity (Wildman–Crippen MR) is 113 cm³/mol. The van der Waals surface area contributed by atoms with E-state index in [0.717, 1.165) is 19.3 Å². The fourth-order valence-electron chi connectivity index (χ4n) is 3.78. The second kappa shape index (κ2) is 17.4. The van der Waals surface area contributed by atoms with E-state index >= 15 is 0 Å². The van der Waals surface area contributed by atoms with Gasteiger partial charge in [-0.3, -0.25) is 0 Å². The highest BCUT2D eigenvalue weighted by molar-refractivity contribution is 4.87. The van der Waals surface area contributed by atoms with Gasteiger partial charge in [-0.2, -0.15) is 0 Å². The largest absolute Gasteiger partial charge is 0.394 e. The second-order valence-electron chi connectivity index (χ2n) is 8.12. The lowest BCUT2D eigenvalue weighted by molar-refractivity contribution is -0.210. The molecule has 0 unspecified atom stereocenters. The van der Waals surface area contributed by atoms with Crippen LogP contribution in [0.2, 0.25) is 0 Å². The van der Waals surface area contributed by atoms with Crippen LogP contribution in [0.25, 0.3) is 0 Å². The first-order valence-corrected chi connectivity index (χ1v) is 11.5. The first-order chi connectivity index (χ1) is 13.7. The molecule has 5 nitrogen and oxygen atoms in total. The lowest BCUT2D eigenvalue weighted by Gasteiger charge is -2.37. The van der Waals surface area contributed by atoms with Crippen molar-refractivity contribution in [2.75, 3.05) is 19.8 Å². The van der Waals surface area contributed by atoms with Crippen molar-refractivity contribution in [1.82, 2.24) is 0 Å². The highest BCUT2D eigenvalue weighted by atomic mass is 16.6. The van der Waals surface area contributed by atoms with Crippen LogP contribution in [0.4, 0.5) is 0 Å². The molecule has 1 aliphatic heterocycles. The molecule has 0 aliphatic carbocycles. The molecular weight excluding hydrogens is 356 g/mol. The van der Waals surface area contributed by atoms with Gasteiger partial charge in [-0.1, -0.05) is 76.7 Å². The van der Waals surface area contributed by atoms with Crippen molar-refractivity contribution in [2.24, 2.45) is 0 Å². The maximum absolute atomic E-state index is 10.1. The van der Waals surface area contributed by atoms with Gasteiger partial charge in [-0.15, -0.1) is 6.58 Å². The lowest BCUT2D eigenvalue weighted by atomic mass is 10.0. The third kappa shape index (κ3) is 11.5. The minimum absolute atomic E-state index is 0.0995. The molecule has 0 spiro atoms. The Bertz CT molecular complexity index is 363. The summed E-state index contributed by atoms with van der Waals surface area (Å²) in [6, 6.07) is 0. The molecule has 3 N–H and O–H groups in total. The standard InChI is InChI=1S/C23H44O5/c1-2-3-4-5-6-7-8-9-10-11-12-13-14-15-16-17-27-23-20(25)19-28-21(18-24)22(23)26/h2,20-26H,1,3-19H2/t20-,21+,22+,23+/m1/s1. The average molecular weight is 401 g/mol. The SMILES string of the molecule is C=CCCCCCCCCCCCCCCCO[C@@H]1[C@@H](O)[C@H](CO)OC[C@H]1O. The summed E-state index contributed by atoms with van der Waals surface area (Å²) in [5.41, 5.74) is 0. The molecule has 0 aromatic rings. The van der Waals surface area contributed by atoms with Crippen LogP contribution in [-0.4, -0.2) is 59.6 Å². The van der Waals surface area contributed by atoms with E-state index < -0.39 is 24.4 Å². The number of hydrogen-bond donors (Lipinski definition) is 3. The molecule has 4 atom stereocenters. The van der Waals surface area contributed by atoms with Crippen molar-refractivity contribution >= 4 is 0 Å². The lowest BCUT2D eigenvalue weighted by Crippen LogP contribution is -2.55. The Labute approximate surface area is 172 Å². The minimum Gasteiger partial charge on any atom is -0.394 e. The molecule has 1 rings (SSSR count). The van der Waals surface area contributed by atoms with Gasteiger partial charge < -0.3 is 24.8 Å². The fourth-order valence-corrected chi connectivity index (χ4v) is 3.78. The van der Waals surface area contributed by atoms with Crippen LogP contribution in [0.3, 0.4) is 0 Å². The Morgan fingerprint density at radius 2 is 1.32 bits per heavy atom. The number of hydrogen-bond acceptors (Lipinski definition) is 5. The smallest absolute Gasteiger partial charge is 0.114 e. The molecule has 28 heavy (non-hydrogen) atoms. The molecular formula is C23H44O5. The van der Waals surface area contributed by atoms with Gasteiger partial charge in [0.1, 0.15) is 24.4 Å². The molecule has 1 aliphatic rings. The highest BCUT2D eigenvalue weighted by Gasteiger charge is 2.38. The van der Waals surface area contributed by atoms with Gasteiger partial charge in [0.2, 0.25) is 0 Å². The summed E-state index contributed by atoms with van der Waals surface area (Å²) in [5, 5.41) is 29.1. The van der Waals surface area contributed by atoms with E-state index in [0.29, 0.717) is 6.61 Å². The van der Waals surface area contributed by atoms with Crippen molar-refractivity contribution in [3.8, 4) is 0 Å². The topological polar surface area (TPSA) is 79.2 Å². The number of rotatable bonds is 18. The second-order valence-corrected chi connectivity index (χ2v) is 8.12. The van der Waals surface area contributed by atoms with E-state index in [1.54, 1.807) is 0 Å². The quantitative estimate of drug-likeness (QED) is 0.238. The van der Waals surface area contributed by atoms with Gasteiger partial charge in [0, 0.05) is 6.61 Å². The van der Waals surface area contributed by atoms with Crippen molar-refractivity contribution < 1.29 is 24.8 Å². The van der Waals surface area contributed by atoms with Gasteiger partial charge in [0.05, 0.1) is 13.2 Å². The summed E-state index contributed by atoms with van der Waals surface area (Å²) >= 11 is 0. The van der Waals surface area contributed by atoms with Crippen LogP contribution in [0.5, 0.6) is 0 Å². The van der Waals surface area contributed by atoms with Crippen LogP contribution < -0.4 is 0 Å². The van der Waals surface area contributed by atoms with Crippen molar-refractivity contribution in [3.63, 3.8) is 0 Å². The van der Waals surface area contributed by atoms with E-state index in [1.165, 1.54) is 70.6 Å². The zero-order chi connectivity index (χ0) is 20.5. The van der Waals surface area contributed by atoms with Crippen LogP contribution in [-0.2, 0) is 9.47 Å². The van der Waals surface area contributed by atoms with E-state index in [2.05, 4.69) is 6.58 Å². The molecule has 0 saturated carbocycles. The Morgan fingerprint density at radius 3 is 1.82 bits per heavy atom. The number of unbranched alkanes of at least 4 members (excludes halogenated alkanes) is 13. The molecule has 166 valence electrons. The Balaban J connectivity index is 1.85. The molecule has 1 fully saturated rings. The summed E-state index contributed by atoms with van der Waals surface area (Å²) in [7, 11) is 0. The van der Waals surface area contributed by atoms with Gasteiger partial charge in [-0.05, 0) is 19.3 Å². The van der Waals surface area contributed by atoms with E-state index in [9.17, 15) is 10.2 Å². The minimum atomic E-state index is -0.971. The maximum atomic E-state index is 10.1. The normalized spacial score (nSPS) is 25.1. The predicted octanol–water partition coefficient (Wildman–Crippen LogP) is 4.13. The molecule has 1 heterocycles. The van der Waals surface area contributed by atoms with E-state index in [4.69, 9.17) is 14.6 Å². The van der Waals surface area contributed by atoms with Gasteiger partial charge in [-0.25, -0.2) is 0 Å². The maximum Gasteiger partial charge on any atom is 0.114 e. The molecule has 5 heteroatoms. The number of aliphatic hydroxyl groups excluding tert-OH is 3. The summed E-state index contributed by atoms with van der Waals surface area (Å²) in [5.74, 6) is 0. The van der Waals surface area contributed by atoms with Crippen LogP contribution in [0.1, 0.15) is 89.9 Å². The van der Waals surface area contributed by atoms with Crippen LogP contribution >= 0.6 is 0 Å². The third-order valence-electron chi connectivity index (χ3n) is 5.62. The zero-order valence-electron chi connectivity index (χ0n) is 17.8. The van der Waals surface area contributed by atoms with Gasteiger partial charge >= 0.3 is 0 Å². The molecule has 0 amide bonds. The number of aliphatic hydroxyl groups is 3. The van der Waals surface area contributed by atoms with E-state index in [1.807, 2.05) is 6.08 Å². The summed E-state index contributed by atoms with van der Waals surface area (Å²) in [4.78, 5) is 0. The number of allylic oxidation sites excluding steroid dienone is 1. The summed E-state index contributed by atoms with van der Waals surface area (Å²) < 4.78 is 10.8. The zero-order valence-corrected chi connectivity index (χ0v) is 17.8. The van der Waals surface area contributed by atoms with Crippen molar-refractivity contribution in [3.05, 3.63) is 12.7 Å². The van der Waals surface area contributed by atoms with Gasteiger partial charge in [0.25, 0.3) is 0 Å². The Hall–Kier alpha value is -0.460. The molecule has 0 bridgehead atoms. The summed E-state index contributed by atoms with van der Waals surface area (Å²) in [6.45, 7) is 4.13.